The summed E-state index contributed by atoms with van der Waals surface area (Å²) in [6.07, 6.45) is 2.84. The number of hydrogen-bond donors (Lipinski definition) is 3. The minimum atomic E-state index is -0.168. The van der Waals surface area contributed by atoms with E-state index in [0.29, 0.717) is 17.5 Å². The first-order valence-electron chi connectivity index (χ1n) is 9.00. The SMILES string of the molecule is CC(C)c1cc(/C(=N/NC=O)N(C)c2ccc3c(ccn3C=O)c2)c(O)cc1O. The molecule has 0 bridgehead atoms. The second-order valence-electron chi connectivity index (χ2n) is 6.90. The van der Waals surface area contributed by atoms with E-state index in [-0.39, 0.29) is 23.3 Å². The van der Waals surface area contributed by atoms with Crippen molar-refractivity contribution in [3.8, 4) is 11.5 Å². The van der Waals surface area contributed by atoms with Gasteiger partial charge in [0, 0.05) is 30.4 Å². The molecule has 0 radical (unpaired) electrons. The molecule has 0 fully saturated rings. The van der Waals surface area contributed by atoms with Gasteiger partial charge in [-0.3, -0.25) is 14.2 Å². The lowest BCUT2D eigenvalue weighted by Crippen LogP contribution is -2.29. The number of phenols is 2. The van der Waals surface area contributed by atoms with Crippen molar-refractivity contribution in [2.45, 2.75) is 19.8 Å². The number of carbonyl (C=O) groups is 2. The Kier molecular flexibility index (Phi) is 5.54. The monoisotopic (exact) mass is 394 g/mol. The van der Waals surface area contributed by atoms with Crippen LogP contribution in [0.4, 0.5) is 5.69 Å². The summed E-state index contributed by atoms with van der Waals surface area (Å²) in [5.74, 6) is 0.117. The largest absolute Gasteiger partial charge is 0.508 e. The number of carbonyl (C=O) groups excluding carboxylic acids is 2. The van der Waals surface area contributed by atoms with E-state index in [0.717, 1.165) is 23.0 Å². The molecule has 0 aliphatic heterocycles. The molecular formula is C21H22N4O4. The van der Waals surface area contributed by atoms with Gasteiger partial charge in [0.2, 0.25) is 12.8 Å². The van der Waals surface area contributed by atoms with Crippen LogP contribution >= 0.6 is 0 Å². The molecule has 3 aromatic rings. The fourth-order valence-electron chi connectivity index (χ4n) is 3.21. The number of fused-ring (bicyclic) bond motifs is 1. The van der Waals surface area contributed by atoms with E-state index in [1.165, 1.54) is 10.6 Å². The predicted molar refractivity (Wildman–Crippen MR) is 112 cm³/mol. The third-order valence-corrected chi connectivity index (χ3v) is 4.75. The van der Waals surface area contributed by atoms with E-state index in [1.54, 1.807) is 36.3 Å². The average Bonchev–Trinajstić information content (AvgIpc) is 3.11. The molecule has 0 unspecified atom stereocenters. The van der Waals surface area contributed by atoms with Crippen molar-refractivity contribution in [3.63, 3.8) is 0 Å². The van der Waals surface area contributed by atoms with E-state index in [9.17, 15) is 19.8 Å². The molecule has 0 aliphatic rings. The fraction of sp³-hybridized carbons (Fsp3) is 0.190. The third kappa shape index (κ3) is 3.77. The van der Waals surface area contributed by atoms with Gasteiger partial charge >= 0.3 is 0 Å². The number of phenolic OH excluding ortho intramolecular Hbond substituents is 2. The standard InChI is InChI=1S/C21H22N4O4/c1-13(2)16-9-17(20(29)10-19(16)28)21(23-22-11-26)24(3)15-4-5-18-14(8-15)6-7-25(18)12-27/h4-13,28-29H,1-3H3,(H,22,26)/b23-21-. The highest BCUT2D eigenvalue weighted by molar-refractivity contribution is 6.12. The van der Waals surface area contributed by atoms with Gasteiger partial charge in [0.15, 0.2) is 5.84 Å². The highest BCUT2D eigenvalue weighted by Crippen LogP contribution is 2.34. The van der Waals surface area contributed by atoms with Crippen molar-refractivity contribution in [1.82, 2.24) is 9.99 Å². The lowest BCUT2D eigenvalue weighted by molar-refractivity contribution is -0.109. The lowest BCUT2D eigenvalue weighted by Gasteiger charge is -2.23. The maximum absolute atomic E-state index is 11.1. The van der Waals surface area contributed by atoms with Crippen LogP contribution in [0.3, 0.4) is 0 Å². The first-order chi connectivity index (χ1) is 13.9. The Morgan fingerprint density at radius 3 is 2.55 bits per heavy atom. The van der Waals surface area contributed by atoms with Crippen molar-refractivity contribution in [1.29, 1.82) is 0 Å². The first kappa shape index (κ1) is 19.9. The van der Waals surface area contributed by atoms with Crippen LogP contribution < -0.4 is 10.3 Å². The minimum absolute atomic E-state index is 0.0109. The molecule has 29 heavy (non-hydrogen) atoms. The van der Waals surface area contributed by atoms with Crippen LogP contribution in [0.2, 0.25) is 0 Å². The number of rotatable bonds is 6. The summed E-state index contributed by atoms with van der Waals surface area (Å²) in [7, 11) is 1.74. The molecule has 150 valence electrons. The van der Waals surface area contributed by atoms with Crippen LogP contribution in [0.5, 0.6) is 11.5 Å². The molecule has 0 aliphatic carbocycles. The van der Waals surface area contributed by atoms with Gasteiger partial charge in [0.05, 0.1) is 11.1 Å². The number of nitrogens with one attached hydrogen (secondary N) is 1. The second-order valence-corrected chi connectivity index (χ2v) is 6.90. The van der Waals surface area contributed by atoms with Crippen molar-refractivity contribution >= 4 is 35.2 Å². The number of amides is 1. The fourth-order valence-corrected chi connectivity index (χ4v) is 3.21. The minimum Gasteiger partial charge on any atom is -0.508 e. The quantitative estimate of drug-likeness (QED) is 0.258. The van der Waals surface area contributed by atoms with Gasteiger partial charge < -0.3 is 15.1 Å². The van der Waals surface area contributed by atoms with Crippen LogP contribution in [0.25, 0.3) is 10.9 Å². The van der Waals surface area contributed by atoms with Gasteiger partial charge in [-0.05, 0) is 41.8 Å². The molecule has 0 saturated heterocycles. The van der Waals surface area contributed by atoms with Crippen LogP contribution in [-0.2, 0) is 9.59 Å². The first-order valence-corrected chi connectivity index (χ1v) is 9.00. The Morgan fingerprint density at radius 1 is 1.14 bits per heavy atom. The molecule has 1 heterocycles. The van der Waals surface area contributed by atoms with Gasteiger partial charge in [-0.2, -0.15) is 5.10 Å². The smallest absolute Gasteiger partial charge is 0.227 e. The molecule has 2 aromatic carbocycles. The summed E-state index contributed by atoms with van der Waals surface area (Å²) < 4.78 is 1.47. The molecule has 0 saturated carbocycles. The number of aromatic hydroxyl groups is 2. The molecule has 3 N–H and O–H groups in total. The van der Waals surface area contributed by atoms with Crippen molar-refractivity contribution in [2.75, 3.05) is 11.9 Å². The average molecular weight is 394 g/mol. The molecule has 0 atom stereocenters. The molecule has 1 amide bonds. The second kappa shape index (κ2) is 8.05. The Labute approximate surface area is 167 Å². The van der Waals surface area contributed by atoms with Crippen LogP contribution in [-0.4, -0.2) is 40.5 Å². The number of hydrazone groups is 1. The van der Waals surface area contributed by atoms with Gasteiger partial charge in [-0.1, -0.05) is 13.8 Å². The highest BCUT2D eigenvalue weighted by Gasteiger charge is 2.20. The number of anilines is 1. The highest BCUT2D eigenvalue weighted by atomic mass is 16.3. The molecule has 0 spiro atoms. The van der Waals surface area contributed by atoms with Crippen LogP contribution in [0.15, 0.2) is 47.7 Å². The van der Waals surface area contributed by atoms with E-state index >= 15 is 0 Å². The van der Waals surface area contributed by atoms with E-state index in [2.05, 4.69) is 10.5 Å². The zero-order valence-electron chi connectivity index (χ0n) is 16.3. The number of benzene rings is 2. The van der Waals surface area contributed by atoms with E-state index in [1.807, 2.05) is 26.0 Å². The molecule has 8 heteroatoms. The molecule has 1 aromatic heterocycles. The normalized spacial score (nSPS) is 11.7. The summed E-state index contributed by atoms with van der Waals surface area (Å²) in [6, 6.07) is 10.2. The number of hydrogen-bond acceptors (Lipinski definition) is 5. The predicted octanol–water partition coefficient (Wildman–Crippen LogP) is 2.76. The zero-order valence-corrected chi connectivity index (χ0v) is 16.3. The Morgan fingerprint density at radius 2 is 1.90 bits per heavy atom. The maximum atomic E-state index is 11.1. The van der Waals surface area contributed by atoms with Crippen molar-refractivity contribution in [2.24, 2.45) is 5.10 Å². The summed E-state index contributed by atoms with van der Waals surface area (Å²) in [5, 5.41) is 25.5. The number of nitrogens with zero attached hydrogens (tertiary/aromatic N) is 3. The summed E-state index contributed by atoms with van der Waals surface area (Å²) in [6.45, 7) is 3.84. The Bertz CT molecular complexity index is 1100. The van der Waals surface area contributed by atoms with Gasteiger partial charge in [0.25, 0.3) is 0 Å². The molecule has 3 rings (SSSR count). The zero-order chi connectivity index (χ0) is 21.1. The van der Waals surface area contributed by atoms with Crippen molar-refractivity contribution in [3.05, 3.63) is 53.7 Å². The Hall–Kier alpha value is -3.81. The van der Waals surface area contributed by atoms with Gasteiger partial charge in [-0.15, -0.1) is 0 Å². The van der Waals surface area contributed by atoms with Gasteiger partial charge in [0.1, 0.15) is 11.5 Å². The molecule has 8 nitrogen and oxygen atoms in total. The van der Waals surface area contributed by atoms with Crippen molar-refractivity contribution < 1.29 is 19.8 Å². The van der Waals surface area contributed by atoms with Crippen LogP contribution in [0, 0.1) is 0 Å². The summed E-state index contributed by atoms with van der Waals surface area (Å²) in [4.78, 5) is 23.7. The molecular weight excluding hydrogens is 372 g/mol. The topological polar surface area (TPSA) is 107 Å². The summed E-state index contributed by atoms with van der Waals surface area (Å²) >= 11 is 0. The Balaban J connectivity index is 2.11. The third-order valence-electron chi connectivity index (χ3n) is 4.75. The van der Waals surface area contributed by atoms with Crippen LogP contribution in [0.1, 0.15) is 30.9 Å². The maximum Gasteiger partial charge on any atom is 0.227 e. The number of amidine groups is 1. The lowest BCUT2D eigenvalue weighted by atomic mass is 9.98. The summed E-state index contributed by atoms with van der Waals surface area (Å²) in [5.41, 5.74) is 4.77. The van der Waals surface area contributed by atoms with E-state index in [4.69, 9.17) is 0 Å². The van der Waals surface area contributed by atoms with Gasteiger partial charge in [-0.25, -0.2) is 5.43 Å². The number of aromatic nitrogens is 1. The van der Waals surface area contributed by atoms with E-state index < -0.39 is 0 Å².